The van der Waals surface area contributed by atoms with E-state index in [-0.39, 0.29) is 0 Å². The number of aliphatic hydroxyl groups is 1. The summed E-state index contributed by atoms with van der Waals surface area (Å²) < 4.78 is 5.81. The largest absolute Gasteiger partial charge is 0.389 e. The minimum Gasteiger partial charge on any atom is -0.389 e. The Bertz CT molecular complexity index is 234. The Hall–Kier alpha value is -0.160. The number of likely N-dealkylation sites (tertiary alicyclic amines) is 1. The fourth-order valence-corrected chi connectivity index (χ4v) is 2.83. The second-order valence-electron chi connectivity index (χ2n) is 5.88. The summed E-state index contributed by atoms with van der Waals surface area (Å²) in [5.41, 5.74) is 4.82. The summed E-state index contributed by atoms with van der Waals surface area (Å²) >= 11 is 0. The second-order valence-corrected chi connectivity index (χ2v) is 5.88. The molecule has 100 valence electrons. The summed E-state index contributed by atoms with van der Waals surface area (Å²) in [6, 6.07) is 0. The molecule has 2 aliphatic rings. The summed E-state index contributed by atoms with van der Waals surface area (Å²) in [5, 5.41) is 9.80. The topological polar surface area (TPSA) is 58.7 Å². The van der Waals surface area contributed by atoms with Gasteiger partial charge in [-0.25, -0.2) is 0 Å². The van der Waals surface area contributed by atoms with Crippen molar-refractivity contribution < 1.29 is 9.84 Å². The molecule has 3 N–H and O–H groups in total. The monoisotopic (exact) mass is 242 g/mol. The molecule has 2 aliphatic heterocycles. The lowest BCUT2D eigenvalue weighted by Gasteiger charge is -2.32. The van der Waals surface area contributed by atoms with Gasteiger partial charge in [0.15, 0.2) is 0 Å². The maximum Gasteiger partial charge on any atom is 0.0741 e. The average molecular weight is 242 g/mol. The summed E-state index contributed by atoms with van der Waals surface area (Å²) in [6.45, 7) is 5.52. The molecule has 2 bridgehead atoms. The van der Waals surface area contributed by atoms with E-state index in [0.29, 0.717) is 18.8 Å². The molecule has 3 atom stereocenters. The fraction of sp³-hybridized carbons (Fsp3) is 1.00. The number of rotatable bonds is 6. The van der Waals surface area contributed by atoms with Crippen molar-refractivity contribution in [1.29, 1.82) is 0 Å². The molecule has 2 heterocycles. The van der Waals surface area contributed by atoms with Gasteiger partial charge in [-0.3, -0.25) is 4.90 Å². The Morgan fingerprint density at radius 2 is 1.94 bits per heavy atom. The molecule has 0 aromatic carbocycles. The zero-order valence-electron chi connectivity index (χ0n) is 10.9. The highest BCUT2D eigenvalue weighted by Gasteiger charge is 2.33. The molecule has 0 spiro atoms. The number of nitrogens with two attached hydrogens (primary N) is 1. The minimum atomic E-state index is -0.677. The number of hydrogen-bond donors (Lipinski definition) is 2. The van der Waals surface area contributed by atoms with Crippen LogP contribution in [-0.4, -0.2) is 54.0 Å². The predicted octanol–water partition coefficient (Wildman–Crippen LogP) is 0.730. The van der Waals surface area contributed by atoms with E-state index in [1.165, 1.54) is 12.8 Å². The molecule has 2 fully saturated rings. The van der Waals surface area contributed by atoms with E-state index in [2.05, 4.69) is 4.90 Å². The maximum absolute atomic E-state index is 9.80. The molecule has 0 radical (unpaired) electrons. The van der Waals surface area contributed by atoms with Crippen LogP contribution in [0.4, 0.5) is 0 Å². The molecule has 0 aromatic rings. The molecule has 0 amide bonds. The lowest BCUT2D eigenvalue weighted by atomic mass is 9.99. The van der Waals surface area contributed by atoms with E-state index >= 15 is 0 Å². The molecular weight excluding hydrogens is 216 g/mol. The first kappa shape index (κ1) is 13.3. The quantitative estimate of drug-likeness (QED) is 0.674. The van der Waals surface area contributed by atoms with E-state index in [0.717, 1.165) is 38.9 Å². The van der Waals surface area contributed by atoms with Crippen molar-refractivity contribution in [3.05, 3.63) is 0 Å². The molecule has 17 heavy (non-hydrogen) atoms. The Balaban J connectivity index is 1.60. The summed E-state index contributed by atoms with van der Waals surface area (Å²) in [4.78, 5) is 2.52. The first-order valence-electron chi connectivity index (χ1n) is 6.89. The summed E-state index contributed by atoms with van der Waals surface area (Å²) in [7, 11) is 0. The van der Waals surface area contributed by atoms with Gasteiger partial charge in [-0.2, -0.15) is 0 Å². The van der Waals surface area contributed by atoms with Crippen LogP contribution in [0.1, 0.15) is 39.0 Å². The molecule has 0 saturated carbocycles. The normalized spacial score (nSPS) is 32.6. The second kappa shape index (κ2) is 5.65. The van der Waals surface area contributed by atoms with Gasteiger partial charge in [0.05, 0.1) is 17.8 Å². The molecule has 4 heteroatoms. The Morgan fingerprint density at radius 1 is 1.29 bits per heavy atom. The lowest BCUT2D eigenvalue weighted by molar-refractivity contribution is -0.0390. The van der Waals surface area contributed by atoms with Gasteiger partial charge in [-0.1, -0.05) is 0 Å². The van der Waals surface area contributed by atoms with Crippen LogP contribution in [-0.2, 0) is 4.74 Å². The molecule has 0 aromatic heterocycles. The lowest BCUT2D eigenvalue weighted by Crippen LogP contribution is -2.43. The number of hydrogen-bond acceptors (Lipinski definition) is 4. The highest BCUT2D eigenvalue weighted by atomic mass is 16.5. The van der Waals surface area contributed by atoms with Crippen molar-refractivity contribution in [3.8, 4) is 0 Å². The van der Waals surface area contributed by atoms with Crippen molar-refractivity contribution in [2.45, 2.75) is 56.8 Å². The van der Waals surface area contributed by atoms with E-state index in [1.807, 2.05) is 6.92 Å². The van der Waals surface area contributed by atoms with Gasteiger partial charge in [-0.05, 0) is 45.6 Å². The van der Waals surface area contributed by atoms with Crippen molar-refractivity contribution in [2.24, 2.45) is 5.73 Å². The first-order chi connectivity index (χ1) is 8.09. The number of nitrogens with zero attached hydrogens (tertiary/aromatic N) is 1. The molecule has 2 rings (SSSR count). The van der Waals surface area contributed by atoms with Gasteiger partial charge in [0.1, 0.15) is 0 Å². The van der Waals surface area contributed by atoms with Crippen LogP contribution in [0, 0.1) is 0 Å². The molecule has 0 aliphatic carbocycles. The van der Waals surface area contributed by atoms with Gasteiger partial charge in [-0.15, -0.1) is 0 Å². The van der Waals surface area contributed by atoms with Crippen LogP contribution in [0.15, 0.2) is 0 Å². The van der Waals surface area contributed by atoms with E-state index in [1.54, 1.807) is 0 Å². The van der Waals surface area contributed by atoms with E-state index in [4.69, 9.17) is 10.5 Å². The third kappa shape index (κ3) is 3.91. The zero-order chi connectivity index (χ0) is 12.3. The number of fused-ring (bicyclic) bond motifs is 2. The van der Waals surface area contributed by atoms with Crippen molar-refractivity contribution in [2.75, 3.05) is 26.2 Å². The molecular formula is C13H26N2O2. The smallest absolute Gasteiger partial charge is 0.0741 e. The first-order valence-corrected chi connectivity index (χ1v) is 6.89. The maximum atomic E-state index is 9.80. The van der Waals surface area contributed by atoms with Crippen LogP contribution < -0.4 is 5.73 Å². The number of morpholine rings is 1. The van der Waals surface area contributed by atoms with Crippen LogP contribution in [0.2, 0.25) is 0 Å². The highest BCUT2D eigenvalue weighted by Crippen LogP contribution is 2.26. The molecule has 2 saturated heterocycles. The number of ether oxygens (including phenoxy) is 1. The summed E-state index contributed by atoms with van der Waals surface area (Å²) in [5.74, 6) is 0. The van der Waals surface area contributed by atoms with Crippen LogP contribution in [0.5, 0.6) is 0 Å². The van der Waals surface area contributed by atoms with E-state index < -0.39 is 5.60 Å². The van der Waals surface area contributed by atoms with Gasteiger partial charge in [0.2, 0.25) is 0 Å². The standard InChI is InChI=1S/C13H26N2O2/c1-13(16,10-14)6-2-3-7-15-8-11-4-5-12(9-15)17-11/h11-12,16H,2-10,14H2,1H3. The van der Waals surface area contributed by atoms with Gasteiger partial charge < -0.3 is 15.6 Å². The predicted molar refractivity (Wildman–Crippen MR) is 67.9 cm³/mol. The van der Waals surface area contributed by atoms with Crippen LogP contribution in [0.25, 0.3) is 0 Å². The Labute approximate surface area is 104 Å². The fourth-order valence-electron chi connectivity index (χ4n) is 2.83. The third-order valence-electron chi connectivity index (χ3n) is 4.00. The third-order valence-corrected chi connectivity index (χ3v) is 4.00. The van der Waals surface area contributed by atoms with Crippen molar-refractivity contribution in [1.82, 2.24) is 4.90 Å². The van der Waals surface area contributed by atoms with Gasteiger partial charge >= 0.3 is 0 Å². The van der Waals surface area contributed by atoms with Gasteiger partial charge in [0, 0.05) is 19.6 Å². The SMILES string of the molecule is CC(O)(CN)CCCCN1CC2CCC(C1)O2. The highest BCUT2D eigenvalue weighted by molar-refractivity contribution is 4.84. The van der Waals surface area contributed by atoms with Crippen molar-refractivity contribution in [3.63, 3.8) is 0 Å². The molecule has 4 nitrogen and oxygen atoms in total. The Kier molecular flexibility index (Phi) is 4.42. The minimum absolute atomic E-state index is 0.356. The molecule has 3 unspecified atom stereocenters. The van der Waals surface area contributed by atoms with E-state index in [9.17, 15) is 5.11 Å². The number of unbranched alkanes of at least 4 members (excludes halogenated alkanes) is 1. The van der Waals surface area contributed by atoms with Crippen molar-refractivity contribution >= 4 is 0 Å². The zero-order valence-corrected chi connectivity index (χ0v) is 10.9. The summed E-state index contributed by atoms with van der Waals surface area (Å²) in [6.07, 6.45) is 6.46. The van der Waals surface area contributed by atoms with Gasteiger partial charge in [0.25, 0.3) is 0 Å². The van der Waals surface area contributed by atoms with Crippen LogP contribution >= 0.6 is 0 Å². The Morgan fingerprint density at radius 3 is 2.53 bits per heavy atom. The average Bonchev–Trinajstić information content (AvgIpc) is 2.64. The van der Waals surface area contributed by atoms with Crippen LogP contribution in [0.3, 0.4) is 0 Å².